The fourth-order valence-electron chi connectivity index (χ4n) is 3.47. The molecule has 1 aliphatic rings. The van der Waals surface area contributed by atoms with Crippen molar-refractivity contribution in [2.24, 2.45) is 0 Å². The number of anilines is 1. The Morgan fingerprint density at radius 2 is 1.93 bits per heavy atom. The molecule has 0 amide bonds. The minimum Gasteiger partial charge on any atom is -0.354 e. The normalized spacial score (nSPS) is 15.4. The van der Waals surface area contributed by atoms with Crippen LogP contribution in [0.1, 0.15) is 23.2 Å². The van der Waals surface area contributed by atoms with Crippen molar-refractivity contribution in [2.75, 3.05) is 37.6 Å². The Bertz CT molecular complexity index is 915. The molecule has 0 aliphatic carbocycles. The third-order valence-electron chi connectivity index (χ3n) is 5.01. The van der Waals surface area contributed by atoms with E-state index in [0.29, 0.717) is 12.0 Å². The molecule has 4 rings (SSSR count). The molecule has 1 aromatic heterocycles. The molecule has 0 N–H and O–H groups in total. The third kappa shape index (κ3) is 4.01. The first-order chi connectivity index (χ1) is 13.2. The Hall–Kier alpha value is -2.73. The number of piperazine rings is 1. The van der Waals surface area contributed by atoms with Crippen LogP contribution < -0.4 is 4.90 Å². The number of rotatable bonds is 6. The minimum absolute atomic E-state index is 0.0690. The van der Waals surface area contributed by atoms with E-state index < -0.39 is 0 Å². The smallest absolute Gasteiger partial charge is 0.180 e. The van der Waals surface area contributed by atoms with Crippen molar-refractivity contribution >= 4 is 22.6 Å². The summed E-state index contributed by atoms with van der Waals surface area (Å²) in [6, 6.07) is 14.4. The molecule has 3 aromatic rings. The van der Waals surface area contributed by atoms with Gasteiger partial charge < -0.3 is 9.42 Å². The number of aromatic nitrogens is 1. The number of fused-ring (bicyclic) bond motifs is 1. The Morgan fingerprint density at radius 1 is 1.15 bits per heavy atom. The second-order valence-corrected chi connectivity index (χ2v) is 6.79. The zero-order chi connectivity index (χ0) is 18.6. The van der Waals surface area contributed by atoms with E-state index >= 15 is 0 Å². The summed E-state index contributed by atoms with van der Waals surface area (Å²) in [7, 11) is 0. The van der Waals surface area contributed by atoms with E-state index in [2.05, 4.69) is 21.0 Å². The van der Waals surface area contributed by atoms with Gasteiger partial charge in [-0.15, -0.1) is 0 Å². The molecular weight excluding hydrogens is 345 g/mol. The van der Waals surface area contributed by atoms with Crippen molar-refractivity contribution in [3.63, 3.8) is 0 Å². The van der Waals surface area contributed by atoms with Gasteiger partial charge in [-0.1, -0.05) is 11.2 Å². The summed E-state index contributed by atoms with van der Waals surface area (Å²) in [4.78, 5) is 16.8. The van der Waals surface area contributed by atoms with Crippen LogP contribution in [0, 0.1) is 11.9 Å². The van der Waals surface area contributed by atoms with Gasteiger partial charge in [0.25, 0.3) is 0 Å². The average molecular weight is 366 g/mol. The first-order valence-electron chi connectivity index (χ1n) is 9.22. The summed E-state index contributed by atoms with van der Waals surface area (Å²) < 4.78 is 18.3. The highest BCUT2D eigenvalue weighted by Gasteiger charge is 2.21. The van der Waals surface area contributed by atoms with Gasteiger partial charge in [-0.25, -0.2) is 4.39 Å². The van der Waals surface area contributed by atoms with Crippen LogP contribution in [0.2, 0.25) is 0 Å². The molecule has 139 valence electrons. The van der Waals surface area contributed by atoms with E-state index in [1.54, 1.807) is 18.2 Å². The van der Waals surface area contributed by atoms with Crippen molar-refractivity contribution in [1.29, 1.82) is 0 Å². The van der Waals surface area contributed by atoms with Crippen molar-refractivity contribution in [1.82, 2.24) is 10.1 Å². The Kier molecular flexibility index (Phi) is 5.16. The van der Waals surface area contributed by atoms with Gasteiger partial charge in [0.2, 0.25) is 0 Å². The molecule has 27 heavy (non-hydrogen) atoms. The van der Waals surface area contributed by atoms with Gasteiger partial charge in [-0.05, 0) is 55.4 Å². The van der Waals surface area contributed by atoms with Crippen LogP contribution in [0.3, 0.4) is 0 Å². The maximum absolute atomic E-state index is 12.9. The summed E-state index contributed by atoms with van der Waals surface area (Å²) in [6.45, 7) is 4.50. The fraction of sp³-hybridized carbons (Fsp3) is 0.333. The van der Waals surface area contributed by atoms with Gasteiger partial charge in [0, 0.05) is 38.2 Å². The van der Waals surface area contributed by atoms with Crippen LogP contribution in [-0.2, 0) is 0 Å². The predicted molar refractivity (Wildman–Crippen MR) is 101 cm³/mol. The molecule has 0 bridgehead atoms. The third-order valence-corrected chi connectivity index (χ3v) is 5.01. The van der Waals surface area contributed by atoms with Crippen LogP contribution in [0.4, 0.5) is 10.2 Å². The fourth-order valence-corrected chi connectivity index (χ4v) is 3.47. The van der Waals surface area contributed by atoms with Crippen LogP contribution in [0.25, 0.3) is 11.0 Å². The first-order valence-corrected chi connectivity index (χ1v) is 9.22. The lowest BCUT2D eigenvalue weighted by Crippen LogP contribution is -2.46. The van der Waals surface area contributed by atoms with Crippen molar-refractivity contribution in [2.45, 2.75) is 12.8 Å². The summed E-state index contributed by atoms with van der Waals surface area (Å²) in [5.74, 6) is 0.645. The highest BCUT2D eigenvalue weighted by atomic mass is 19.1. The molecule has 0 atom stereocenters. The SMILES string of the molecule is O=C(CCCN1CCN(c2noc3c[c]ccc23)CC1)c1ccc(F)cc1. The topological polar surface area (TPSA) is 49.6 Å². The molecule has 2 aromatic carbocycles. The summed E-state index contributed by atoms with van der Waals surface area (Å²) >= 11 is 0. The largest absolute Gasteiger partial charge is 0.354 e. The molecule has 1 fully saturated rings. The van der Waals surface area contributed by atoms with Gasteiger partial charge >= 0.3 is 0 Å². The zero-order valence-electron chi connectivity index (χ0n) is 15.0. The summed E-state index contributed by atoms with van der Waals surface area (Å²) in [5, 5.41) is 5.23. The zero-order valence-corrected chi connectivity index (χ0v) is 15.0. The van der Waals surface area contributed by atoms with E-state index in [4.69, 9.17) is 4.52 Å². The highest BCUT2D eigenvalue weighted by Crippen LogP contribution is 2.26. The van der Waals surface area contributed by atoms with Gasteiger partial charge in [-0.2, -0.15) is 0 Å². The number of hydrogen-bond acceptors (Lipinski definition) is 5. The predicted octanol–water partition coefficient (Wildman–Crippen LogP) is 3.55. The lowest BCUT2D eigenvalue weighted by Gasteiger charge is -2.34. The van der Waals surface area contributed by atoms with E-state index in [1.165, 1.54) is 12.1 Å². The van der Waals surface area contributed by atoms with E-state index in [0.717, 1.165) is 55.9 Å². The molecular formula is C21H21FN3O2. The van der Waals surface area contributed by atoms with Crippen LogP contribution >= 0.6 is 0 Å². The second kappa shape index (κ2) is 7.88. The lowest BCUT2D eigenvalue weighted by atomic mass is 10.1. The van der Waals surface area contributed by atoms with Gasteiger partial charge in [0.15, 0.2) is 17.2 Å². The molecule has 0 saturated carbocycles. The van der Waals surface area contributed by atoms with Gasteiger partial charge in [-0.3, -0.25) is 9.69 Å². The maximum atomic E-state index is 12.9. The van der Waals surface area contributed by atoms with E-state index in [-0.39, 0.29) is 11.6 Å². The lowest BCUT2D eigenvalue weighted by molar-refractivity contribution is 0.0974. The van der Waals surface area contributed by atoms with E-state index in [1.807, 2.05) is 12.1 Å². The maximum Gasteiger partial charge on any atom is 0.180 e. The quantitative estimate of drug-likeness (QED) is 0.625. The molecule has 0 unspecified atom stereocenters. The number of hydrogen-bond donors (Lipinski definition) is 0. The number of nitrogens with zero attached hydrogens (tertiary/aromatic N) is 3. The monoisotopic (exact) mass is 366 g/mol. The molecule has 5 nitrogen and oxygen atoms in total. The number of benzene rings is 2. The molecule has 1 radical (unpaired) electrons. The Balaban J connectivity index is 1.25. The van der Waals surface area contributed by atoms with E-state index in [9.17, 15) is 9.18 Å². The minimum atomic E-state index is -0.317. The number of halogens is 1. The number of Topliss-reactive ketones (excluding diaryl/α,β-unsaturated/α-hetero) is 1. The Morgan fingerprint density at radius 3 is 2.70 bits per heavy atom. The first kappa shape index (κ1) is 17.7. The molecule has 1 aliphatic heterocycles. The van der Waals surface area contributed by atoms with Gasteiger partial charge in [0.1, 0.15) is 5.82 Å². The number of carbonyl (C=O) groups excluding carboxylic acids is 1. The van der Waals surface area contributed by atoms with Crippen LogP contribution in [-0.4, -0.2) is 48.6 Å². The summed E-state index contributed by atoms with van der Waals surface area (Å²) in [5.41, 5.74) is 1.34. The summed E-state index contributed by atoms with van der Waals surface area (Å²) in [6.07, 6.45) is 1.29. The second-order valence-electron chi connectivity index (χ2n) is 6.79. The molecule has 2 heterocycles. The van der Waals surface area contributed by atoms with Gasteiger partial charge in [0.05, 0.1) is 5.39 Å². The molecule has 6 heteroatoms. The van der Waals surface area contributed by atoms with Crippen molar-refractivity contribution in [3.05, 3.63) is 59.9 Å². The molecule has 1 saturated heterocycles. The van der Waals surface area contributed by atoms with Crippen molar-refractivity contribution < 1.29 is 13.7 Å². The molecule has 0 spiro atoms. The highest BCUT2D eigenvalue weighted by molar-refractivity contribution is 5.96. The average Bonchev–Trinajstić information content (AvgIpc) is 3.13. The Labute approximate surface area is 157 Å². The standard InChI is InChI=1S/C21H21FN3O2/c22-17-9-7-16(8-10-17)19(26)5-3-11-24-12-14-25(15-13-24)21-18-4-1-2-6-20(18)27-23-21/h1,4,6-10H,3,5,11-15H2. The number of carbonyl (C=O) groups is 1. The number of ketones is 1. The van der Waals surface area contributed by atoms with Crippen molar-refractivity contribution in [3.8, 4) is 0 Å². The van der Waals surface area contributed by atoms with Crippen LogP contribution in [0.5, 0.6) is 0 Å². The van der Waals surface area contributed by atoms with Crippen LogP contribution in [0.15, 0.2) is 47.0 Å².